The number of nitrogens with one attached hydrogen (secondary N) is 2. The summed E-state index contributed by atoms with van der Waals surface area (Å²) in [5.74, 6) is -1.50. The first-order valence-electron chi connectivity index (χ1n) is 14.0. The van der Waals surface area contributed by atoms with Gasteiger partial charge in [-0.25, -0.2) is 18.4 Å². The highest BCUT2D eigenvalue weighted by atomic mass is 19.1. The molecule has 1 aromatic carbocycles. The van der Waals surface area contributed by atoms with Crippen LogP contribution >= 0.6 is 0 Å². The molecule has 2 aromatic rings. The zero-order valence-electron chi connectivity index (χ0n) is 23.0. The smallest absolute Gasteiger partial charge is 0.331 e. The minimum absolute atomic E-state index is 0.00535. The molecule has 0 spiro atoms. The normalized spacial score (nSPS) is 21.3. The van der Waals surface area contributed by atoms with E-state index in [1.807, 2.05) is 6.92 Å². The average molecular weight is 556 g/mol. The van der Waals surface area contributed by atoms with E-state index in [2.05, 4.69) is 10.6 Å². The molecule has 2 heterocycles. The molecule has 3 amide bonds. The number of piperidine rings is 1. The standard InChI is InChI=1S/C29H35F2N5O4/c1-16(2)36-25-13-23(31)24(12-21(25)27(38)35(29(36)40)14-18-7-8-18)33-28(39)34-10-4-5-19(15-34)32-26(37)20-11-17(3)6-9-22(20)30/h9,11-13,16-19H,4-8,10,14-15H2,1-3H3,(H,32,37)(H,33,39)/t17?,19-/m1/s1. The maximum absolute atomic E-state index is 15.2. The molecule has 0 bridgehead atoms. The van der Waals surface area contributed by atoms with Gasteiger partial charge >= 0.3 is 11.7 Å². The van der Waals surface area contributed by atoms with Crippen molar-refractivity contribution in [1.82, 2.24) is 19.4 Å². The van der Waals surface area contributed by atoms with Crippen LogP contribution < -0.4 is 21.9 Å². The molecule has 1 aliphatic heterocycles. The minimum atomic E-state index is -0.767. The van der Waals surface area contributed by atoms with Crippen molar-refractivity contribution in [3.8, 4) is 0 Å². The second-order valence-electron chi connectivity index (χ2n) is 11.5. The van der Waals surface area contributed by atoms with Gasteiger partial charge in [-0.1, -0.05) is 13.0 Å². The highest BCUT2D eigenvalue weighted by Gasteiger charge is 2.29. The molecule has 2 fully saturated rings. The summed E-state index contributed by atoms with van der Waals surface area (Å²) in [6.07, 6.45) is 6.67. The van der Waals surface area contributed by atoms with Gasteiger partial charge in [0.25, 0.3) is 11.5 Å². The summed E-state index contributed by atoms with van der Waals surface area (Å²) in [6.45, 7) is 6.36. The topological polar surface area (TPSA) is 105 Å². The average Bonchev–Trinajstić information content (AvgIpc) is 3.73. The molecular formula is C29H35F2N5O4. The molecule has 0 radical (unpaired) electrons. The number of benzene rings is 1. The van der Waals surface area contributed by atoms with E-state index < -0.39 is 40.9 Å². The lowest BCUT2D eigenvalue weighted by atomic mass is 9.96. The van der Waals surface area contributed by atoms with Crippen LogP contribution in [0.4, 0.5) is 19.3 Å². The van der Waals surface area contributed by atoms with Gasteiger partial charge in [0.1, 0.15) is 11.6 Å². The predicted molar refractivity (Wildman–Crippen MR) is 148 cm³/mol. The van der Waals surface area contributed by atoms with Crippen molar-refractivity contribution in [2.24, 2.45) is 11.8 Å². The summed E-state index contributed by atoms with van der Waals surface area (Å²) in [4.78, 5) is 53.7. The molecule has 1 saturated carbocycles. The highest BCUT2D eigenvalue weighted by Crippen LogP contribution is 2.30. The molecule has 2 N–H and O–H groups in total. The zero-order chi connectivity index (χ0) is 28.7. The van der Waals surface area contributed by atoms with Crippen LogP contribution in [0.3, 0.4) is 0 Å². The number of rotatable bonds is 6. The Morgan fingerprint density at radius 1 is 1.12 bits per heavy atom. The van der Waals surface area contributed by atoms with Crippen LogP contribution in [-0.4, -0.2) is 45.1 Å². The van der Waals surface area contributed by atoms with E-state index in [1.165, 1.54) is 26.2 Å². The lowest BCUT2D eigenvalue weighted by molar-refractivity contribution is -0.118. The van der Waals surface area contributed by atoms with E-state index in [-0.39, 0.29) is 46.6 Å². The Morgan fingerprint density at radius 3 is 2.58 bits per heavy atom. The summed E-state index contributed by atoms with van der Waals surface area (Å²) in [6, 6.07) is 1.13. The number of fused-ring (bicyclic) bond motifs is 1. The minimum Gasteiger partial charge on any atom is -0.347 e. The molecule has 2 aliphatic carbocycles. The van der Waals surface area contributed by atoms with Crippen LogP contribution in [0.2, 0.25) is 0 Å². The van der Waals surface area contributed by atoms with Gasteiger partial charge in [-0.15, -0.1) is 0 Å². The fourth-order valence-electron chi connectivity index (χ4n) is 5.47. The Labute approximate surface area is 230 Å². The summed E-state index contributed by atoms with van der Waals surface area (Å²) < 4.78 is 32.1. The van der Waals surface area contributed by atoms with Gasteiger partial charge in [-0.2, -0.15) is 0 Å². The van der Waals surface area contributed by atoms with Gasteiger partial charge in [0, 0.05) is 37.8 Å². The van der Waals surface area contributed by atoms with Crippen LogP contribution in [0, 0.1) is 17.7 Å². The van der Waals surface area contributed by atoms with Crippen LogP contribution in [0.1, 0.15) is 58.9 Å². The van der Waals surface area contributed by atoms with Crippen molar-refractivity contribution in [2.75, 3.05) is 18.4 Å². The molecule has 11 heteroatoms. The van der Waals surface area contributed by atoms with Crippen molar-refractivity contribution in [3.63, 3.8) is 0 Å². The third-order valence-corrected chi connectivity index (χ3v) is 7.82. The molecule has 40 heavy (non-hydrogen) atoms. The first-order valence-corrected chi connectivity index (χ1v) is 14.0. The first kappa shape index (κ1) is 27.8. The van der Waals surface area contributed by atoms with E-state index >= 15 is 4.39 Å². The SMILES string of the molecule is CC1C=C(C(=O)N[C@@H]2CCCN(C(=O)Nc3cc4c(=O)n(CC5CC5)c(=O)n(C(C)C)c4cc3F)C2)C(F)=CC1. The van der Waals surface area contributed by atoms with Gasteiger partial charge in [0.15, 0.2) is 0 Å². The Hall–Kier alpha value is -3.76. The van der Waals surface area contributed by atoms with Crippen LogP contribution in [0.15, 0.2) is 45.3 Å². The third-order valence-electron chi connectivity index (χ3n) is 7.82. The number of likely N-dealkylation sites (tertiary alicyclic amines) is 1. The van der Waals surface area contributed by atoms with Crippen molar-refractivity contribution in [1.29, 1.82) is 0 Å². The largest absolute Gasteiger partial charge is 0.347 e. The predicted octanol–water partition coefficient (Wildman–Crippen LogP) is 4.23. The van der Waals surface area contributed by atoms with Crippen LogP contribution in [-0.2, 0) is 11.3 Å². The number of carbonyl (C=O) groups excluding carboxylic acids is 2. The number of carbonyl (C=O) groups is 2. The summed E-state index contributed by atoms with van der Waals surface area (Å²) in [7, 11) is 0. The first-order chi connectivity index (χ1) is 19.0. The van der Waals surface area contributed by atoms with E-state index in [1.54, 1.807) is 19.9 Å². The number of aromatic nitrogens is 2. The third kappa shape index (κ3) is 5.59. The monoisotopic (exact) mass is 555 g/mol. The molecule has 1 saturated heterocycles. The maximum atomic E-state index is 15.2. The Kier molecular flexibility index (Phi) is 7.65. The highest BCUT2D eigenvalue weighted by molar-refractivity contribution is 5.98. The van der Waals surface area contributed by atoms with Crippen LogP contribution in [0.25, 0.3) is 10.9 Å². The summed E-state index contributed by atoms with van der Waals surface area (Å²) in [5, 5.41) is 5.54. The van der Waals surface area contributed by atoms with E-state index in [4.69, 9.17) is 0 Å². The van der Waals surface area contributed by atoms with E-state index in [9.17, 15) is 23.6 Å². The fourth-order valence-corrected chi connectivity index (χ4v) is 5.47. The maximum Gasteiger partial charge on any atom is 0.331 e. The molecule has 1 unspecified atom stereocenters. The van der Waals surface area contributed by atoms with Crippen molar-refractivity contribution < 1.29 is 18.4 Å². The van der Waals surface area contributed by atoms with Crippen molar-refractivity contribution in [3.05, 3.63) is 62.3 Å². The molecule has 214 valence electrons. The molecule has 9 nitrogen and oxygen atoms in total. The number of nitrogens with zero attached hydrogens (tertiary/aromatic N) is 3. The van der Waals surface area contributed by atoms with Crippen molar-refractivity contribution >= 4 is 28.5 Å². The quantitative estimate of drug-likeness (QED) is 0.557. The second kappa shape index (κ2) is 11.0. The van der Waals surface area contributed by atoms with Gasteiger partial charge in [0.2, 0.25) is 0 Å². The molecule has 2 atom stereocenters. The number of halogens is 2. The van der Waals surface area contributed by atoms with Crippen LogP contribution in [0.5, 0.6) is 0 Å². The number of allylic oxidation sites excluding steroid dienone is 2. The lowest BCUT2D eigenvalue weighted by Crippen LogP contribution is -2.51. The van der Waals surface area contributed by atoms with Gasteiger partial charge < -0.3 is 15.5 Å². The van der Waals surface area contributed by atoms with Gasteiger partial charge in [-0.3, -0.25) is 18.7 Å². The molecular weight excluding hydrogens is 520 g/mol. The van der Waals surface area contributed by atoms with Gasteiger partial charge in [-0.05, 0) is 69.9 Å². The number of hydrogen-bond donors (Lipinski definition) is 2. The Balaban J connectivity index is 1.35. The van der Waals surface area contributed by atoms with E-state index in [0.717, 1.165) is 18.9 Å². The number of anilines is 1. The van der Waals surface area contributed by atoms with E-state index in [0.29, 0.717) is 32.4 Å². The number of amides is 3. The molecule has 3 aliphatic rings. The Bertz CT molecular complexity index is 1540. The lowest BCUT2D eigenvalue weighted by Gasteiger charge is -2.33. The molecule has 1 aromatic heterocycles. The summed E-state index contributed by atoms with van der Waals surface area (Å²) in [5.41, 5.74) is -0.952. The Morgan fingerprint density at radius 2 is 1.88 bits per heavy atom. The van der Waals surface area contributed by atoms with Gasteiger partial charge in [0.05, 0.1) is 22.2 Å². The second-order valence-corrected chi connectivity index (χ2v) is 11.5. The number of hydrogen-bond acceptors (Lipinski definition) is 4. The summed E-state index contributed by atoms with van der Waals surface area (Å²) >= 11 is 0. The van der Waals surface area contributed by atoms with Crippen molar-refractivity contribution in [2.45, 2.75) is 71.5 Å². The fraction of sp³-hybridized carbons (Fsp3) is 0.517. The zero-order valence-corrected chi connectivity index (χ0v) is 23.0. The number of urea groups is 1. The molecule has 5 rings (SSSR count).